The summed E-state index contributed by atoms with van der Waals surface area (Å²) >= 11 is 8.77. The monoisotopic (exact) mass is 464 g/mol. The van der Waals surface area contributed by atoms with Crippen LogP contribution in [0.4, 0.5) is 0 Å². The summed E-state index contributed by atoms with van der Waals surface area (Å²) in [6.07, 6.45) is 0. The molecule has 0 heterocycles. The fraction of sp³-hybridized carbons (Fsp3) is 0.417. The molecule has 2 aromatic rings. The van der Waals surface area contributed by atoms with Gasteiger partial charge in [0.05, 0.1) is 26.2 Å². The summed E-state index contributed by atoms with van der Waals surface area (Å²) in [6.45, 7) is 15.5. The molecule has 0 saturated heterocycles. The van der Waals surface area contributed by atoms with Gasteiger partial charge < -0.3 is 25.3 Å². The number of hydrogen-bond acceptors (Lipinski definition) is 2. The molecule has 0 aliphatic rings. The minimum absolute atomic E-state index is 0.0669. The average molecular weight is 465 g/mol. The number of rotatable bonds is 8. The molecular formula is C24H38N3O2S2+. The van der Waals surface area contributed by atoms with Crippen LogP contribution in [0.15, 0.2) is 60.7 Å². The van der Waals surface area contributed by atoms with Gasteiger partial charge in [0.15, 0.2) is 0 Å². The van der Waals surface area contributed by atoms with Crippen LogP contribution >= 0.6 is 24.4 Å². The maximum absolute atomic E-state index is 9.59. The SMILES string of the molecule is CC[N+](CC)(CC)CC.NC(O)=S.OC(=S)N(Cc1ccccc1)Cc1ccccc1. The summed E-state index contributed by atoms with van der Waals surface area (Å²) in [5, 5.41) is 16.6. The number of aliphatic hydroxyl groups excluding tert-OH is 2. The van der Waals surface area contributed by atoms with Crippen molar-refractivity contribution in [3.8, 4) is 0 Å². The predicted octanol–water partition coefficient (Wildman–Crippen LogP) is 5.20. The van der Waals surface area contributed by atoms with Crippen LogP contribution in [-0.4, -0.2) is 56.1 Å². The molecule has 0 aromatic heterocycles. The van der Waals surface area contributed by atoms with Crippen LogP contribution in [-0.2, 0) is 13.1 Å². The Balaban J connectivity index is 0.000000581. The van der Waals surface area contributed by atoms with E-state index in [4.69, 9.17) is 17.3 Å². The van der Waals surface area contributed by atoms with Gasteiger partial charge in [0.1, 0.15) is 0 Å². The first-order chi connectivity index (χ1) is 14.7. The lowest BCUT2D eigenvalue weighted by atomic mass is 10.2. The highest BCUT2D eigenvalue weighted by molar-refractivity contribution is 7.80. The molecule has 0 aliphatic carbocycles. The van der Waals surface area contributed by atoms with Crippen molar-refractivity contribution in [2.45, 2.75) is 40.8 Å². The second kappa shape index (κ2) is 16.5. The average Bonchev–Trinajstić information content (AvgIpc) is 2.77. The van der Waals surface area contributed by atoms with Gasteiger partial charge in [0, 0.05) is 13.1 Å². The van der Waals surface area contributed by atoms with Crippen molar-refractivity contribution in [1.82, 2.24) is 4.90 Å². The number of quaternary nitrogens is 1. The summed E-state index contributed by atoms with van der Waals surface area (Å²) in [5.41, 5.74) is 6.66. The normalized spacial score (nSPS) is 10.1. The van der Waals surface area contributed by atoms with Crippen LogP contribution in [0.5, 0.6) is 0 Å². The van der Waals surface area contributed by atoms with Gasteiger partial charge in [-0.2, -0.15) is 0 Å². The van der Waals surface area contributed by atoms with Gasteiger partial charge in [-0.15, -0.1) is 0 Å². The summed E-state index contributed by atoms with van der Waals surface area (Å²) in [4.78, 5) is 1.78. The van der Waals surface area contributed by atoms with Crippen molar-refractivity contribution in [2.75, 3.05) is 26.2 Å². The summed E-state index contributed by atoms with van der Waals surface area (Å²) in [5.74, 6) is 0. The highest BCUT2D eigenvalue weighted by atomic mass is 32.1. The van der Waals surface area contributed by atoms with Crippen LogP contribution in [0.3, 0.4) is 0 Å². The first kappa shape index (κ1) is 28.8. The molecule has 0 aliphatic heterocycles. The maximum Gasteiger partial charge on any atom is 0.257 e. The first-order valence-corrected chi connectivity index (χ1v) is 11.4. The van der Waals surface area contributed by atoms with Crippen LogP contribution in [0.25, 0.3) is 0 Å². The van der Waals surface area contributed by atoms with Crippen molar-refractivity contribution in [3.05, 3.63) is 71.8 Å². The molecule has 0 saturated carbocycles. The molecule has 7 heteroatoms. The second-order valence-electron chi connectivity index (χ2n) is 7.05. The molecule has 2 aromatic carbocycles. The molecule has 5 nitrogen and oxygen atoms in total. The van der Waals surface area contributed by atoms with E-state index in [1.54, 1.807) is 4.90 Å². The Morgan fingerprint density at radius 2 is 1.03 bits per heavy atom. The van der Waals surface area contributed by atoms with Gasteiger partial charge in [-0.25, -0.2) is 0 Å². The molecule has 0 unspecified atom stereocenters. The second-order valence-corrected chi connectivity index (χ2v) is 7.84. The van der Waals surface area contributed by atoms with Crippen molar-refractivity contribution in [2.24, 2.45) is 5.73 Å². The minimum atomic E-state index is -0.500. The molecule has 0 radical (unpaired) electrons. The third kappa shape index (κ3) is 12.9. The molecule has 0 atom stereocenters. The maximum atomic E-state index is 9.59. The first-order valence-electron chi connectivity index (χ1n) is 10.6. The molecule has 0 amide bonds. The van der Waals surface area contributed by atoms with Gasteiger partial charge in [-0.3, -0.25) is 0 Å². The van der Waals surface area contributed by atoms with Gasteiger partial charge in [-0.1, -0.05) is 60.7 Å². The van der Waals surface area contributed by atoms with Crippen molar-refractivity contribution >= 4 is 34.8 Å². The highest BCUT2D eigenvalue weighted by Gasteiger charge is 2.16. The quantitative estimate of drug-likeness (QED) is 0.368. The number of aliphatic hydroxyl groups is 2. The van der Waals surface area contributed by atoms with E-state index in [1.165, 1.54) is 30.7 Å². The lowest BCUT2D eigenvalue weighted by molar-refractivity contribution is -0.921. The predicted molar refractivity (Wildman–Crippen MR) is 139 cm³/mol. The Bertz CT molecular complexity index is 676. The van der Waals surface area contributed by atoms with Gasteiger partial charge >= 0.3 is 0 Å². The standard InChI is InChI=1S/C15H15NOS.C8H20N.CH3NOS/c17-15(18)16(11-13-7-3-1-4-8-13)12-14-9-5-2-6-10-14;1-5-9(6-2,7-3)8-4;2-1(3)4/h1-10H,11-12H2,(H,17,18);5-8H2,1-4H3;(H3,2,3,4)/q;+1;. The Morgan fingerprint density at radius 3 is 1.23 bits per heavy atom. The van der Waals surface area contributed by atoms with E-state index in [0.717, 1.165) is 11.1 Å². The van der Waals surface area contributed by atoms with E-state index in [1.807, 2.05) is 60.7 Å². The van der Waals surface area contributed by atoms with Crippen molar-refractivity contribution in [3.63, 3.8) is 0 Å². The largest absolute Gasteiger partial charge is 0.487 e. The number of benzene rings is 2. The van der Waals surface area contributed by atoms with E-state index >= 15 is 0 Å². The fourth-order valence-corrected chi connectivity index (χ4v) is 3.27. The molecule has 31 heavy (non-hydrogen) atoms. The Kier molecular flexibility index (Phi) is 15.3. The number of hydrogen-bond donors (Lipinski definition) is 3. The molecule has 2 rings (SSSR count). The number of thiocarbonyl (C=S) groups is 2. The lowest BCUT2D eigenvalue weighted by Crippen LogP contribution is -2.47. The molecule has 172 valence electrons. The van der Waals surface area contributed by atoms with Crippen molar-refractivity contribution < 1.29 is 14.7 Å². The summed E-state index contributed by atoms with van der Waals surface area (Å²) in [7, 11) is 0. The number of nitrogens with two attached hydrogens (primary N) is 1. The van der Waals surface area contributed by atoms with E-state index < -0.39 is 5.17 Å². The molecule has 0 bridgehead atoms. The molecule has 0 spiro atoms. The Morgan fingerprint density at radius 1 is 0.742 bits per heavy atom. The van der Waals surface area contributed by atoms with Crippen LogP contribution < -0.4 is 5.73 Å². The smallest absolute Gasteiger partial charge is 0.257 e. The third-order valence-electron chi connectivity index (χ3n) is 5.39. The van der Waals surface area contributed by atoms with Gasteiger partial charge in [0.2, 0.25) is 0 Å². The fourth-order valence-electron chi connectivity index (χ4n) is 3.14. The minimum Gasteiger partial charge on any atom is -0.487 e. The zero-order valence-electron chi connectivity index (χ0n) is 19.2. The van der Waals surface area contributed by atoms with Crippen molar-refractivity contribution in [1.29, 1.82) is 0 Å². The van der Waals surface area contributed by atoms with Gasteiger partial charge in [0.25, 0.3) is 10.3 Å². The van der Waals surface area contributed by atoms with Gasteiger partial charge in [-0.05, 0) is 63.3 Å². The summed E-state index contributed by atoms with van der Waals surface area (Å²) < 4.78 is 1.28. The third-order valence-corrected chi connectivity index (χ3v) is 5.64. The zero-order valence-corrected chi connectivity index (χ0v) is 20.8. The lowest BCUT2D eigenvalue weighted by Gasteiger charge is -2.34. The van der Waals surface area contributed by atoms with Crippen LogP contribution in [0, 0.1) is 0 Å². The molecular weight excluding hydrogens is 426 g/mol. The summed E-state index contributed by atoms with van der Waals surface area (Å²) in [6, 6.07) is 20.0. The highest BCUT2D eigenvalue weighted by Crippen LogP contribution is 2.10. The molecule has 0 fully saturated rings. The Labute approximate surface area is 198 Å². The van der Waals surface area contributed by atoms with Crippen LogP contribution in [0.1, 0.15) is 38.8 Å². The van der Waals surface area contributed by atoms with E-state index in [2.05, 4.69) is 45.6 Å². The van der Waals surface area contributed by atoms with E-state index in [9.17, 15) is 5.11 Å². The number of nitrogens with zero attached hydrogens (tertiary/aromatic N) is 2. The van der Waals surface area contributed by atoms with E-state index in [-0.39, 0.29) is 5.17 Å². The topological polar surface area (TPSA) is 69.7 Å². The van der Waals surface area contributed by atoms with Crippen LogP contribution in [0.2, 0.25) is 0 Å². The van der Waals surface area contributed by atoms with E-state index in [0.29, 0.717) is 13.1 Å². The zero-order chi connectivity index (χ0) is 23.7. The molecule has 4 N–H and O–H groups in total. The Hall–Kier alpha value is -2.22.